The Morgan fingerprint density at radius 3 is 2.85 bits per heavy atom. The molecule has 0 saturated heterocycles. The van der Waals surface area contributed by atoms with Crippen LogP contribution in [0.2, 0.25) is 0 Å². The van der Waals surface area contributed by atoms with Gasteiger partial charge in [0.25, 0.3) is 0 Å². The maximum Gasteiger partial charge on any atom is 0.194 e. The zero-order valence-corrected chi connectivity index (χ0v) is 12.3. The van der Waals surface area contributed by atoms with Gasteiger partial charge in [-0.15, -0.1) is 0 Å². The third-order valence-corrected chi connectivity index (χ3v) is 4.08. The molecule has 3 N–H and O–H groups in total. The first kappa shape index (κ1) is 14.8. The molecular weight excluding hydrogens is 252 g/mol. The van der Waals surface area contributed by atoms with Crippen LogP contribution < -0.4 is 11.1 Å². The van der Waals surface area contributed by atoms with Crippen LogP contribution in [0.1, 0.15) is 32.6 Å². The molecule has 0 aliphatic heterocycles. The van der Waals surface area contributed by atoms with Crippen molar-refractivity contribution in [2.75, 3.05) is 19.0 Å². The van der Waals surface area contributed by atoms with E-state index in [2.05, 4.69) is 22.2 Å². The van der Waals surface area contributed by atoms with E-state index in [1.165, 1.54) is 12.8 Å². The second kappa shape index (κ2) is 6.70. The number of hydrogen-bond acceptors (Lipinski definition) is 3. The minimum atomic E-state index is -0.150. The van der Waals surface area contributed by atoms with Gasteiger partial charge < -0.3 is 15.8 Å². The van der Waals surface area contributed by atoms with Crippen LogP contribution in [0.25, 0.3) is 0 Å². The van der Waals surface area contributed by atoms with E-state index in [4.69, 9.17) is 10.5 Å². The minimum Gasteiger partial charge on any atom is -0.376 e. The molecule has 1 aromatic heterocycles. The second-order valence-electron chi connectivity index (χ2n) is 5.61. The van der Waals surface area contributed by atoms with Gasteiger partial charge in [-0.05, 0) is 43.7 Å². The average Bonchev–Trinajstić information content (AvgIpc) is 2.48. The van der Waals surface area contributed by atoms with Crippen LogP contribution in [0.4, 0.5) is 5.82 Å². The monoisotopic (exact) mass is 276 g/mol. The van der Waals surface area contributed by atoms with Crippen molar-refractivity contribution in [2.45, 2.75) is 38.2 Å². The van der Waals surface area contributed by atoms with Crippen molar-refractivity contribution >= 4 is 11.8 Å². The molecule has 1 heterocycles. The third kappa shape index (κ3) is 3.93. The summed E-state index contributed by atoms with van der Waals surface area (Å²) < 4.78 is 5.72. The largest absolute Gasteiger partial charge is 0.376 e. The van der Waals surface area contributed by atoms with Crippen molar-refractivity contribution < 1.29 is 4.74 Å². The van der Waals surface area contributed by atoms with Gasteiger partial charge in [-0.2, -0.15) is 0 Å². The van der Waals surface area contributed by atoms with E-state index in [0.29, 0.717) is 18.3 Å². The van der Waals surface area contributed by atoms with Crippen molar-refractivity contribution in [3.63, 3.8) is 0 Å². The molecule has 110 valence electrons. The van der Waals surface area contributed by atoms with E-state index < -0.39 is 0 Å². The first-order valence-corrected chi connectivity index (χ1v) is 7.17. The maximum absolute atomic E-state index is 5.91. The Labute approximate surface area is 120 Å². The summed E-state index contributed by atoms with van der Waals surface area (Å²) in [5.41, 5.74) is 5.76. The number of nitrogens with one attached hydrogen (secondary N) is 1. The number of aromatic nitrogens is 1. The molecule has 0 radical (unpaired) electrons. The highest BCUT2D eigenvalue weighted by Crippen LogP contribution is 2.34. The van der Waals surface area contributed by atoms with Crippen LogP contribution >= 0.6 is 0 Å². The summed E-state index contributed by atoms with van der Waals surface area (Å²) in [6.45, 7) is 2.89. The number of nitrogens with zero attached hydrogens (tertiary/aromatic N) is 2. The lowest BCUT2D eigenvalue weighted by atomic mass is 9.79. The van der Waals surface area contributed by atoms with E-state index in [-0.39, 0.29) is 5.60 Å². The Morgan fingerprint density at radius 2 is 2.25 bits per heavy atom. The summed E-state index contributed by atoms with van der Waals surface area (Å²) in [4.78, 5) is 8.59. The quantitative estimate of drug-likeness (QED) is 0.654. The van der Waals surface area contributed by atoms with Gasteiger partial charge in [0.1, 0.15) is 5.82 Å². The molecule has 0 unspecified atom stereocenters. The van der Waals surface area contributed by atoms with E-state index in [1.807, 2.05) is 18.2 Å². The van der Waals surface area contributed by atoms with Crippen LogP contribution in [0.5, 0.6) is 0 Å². The van der Waals surface area contributed by atoms with E-state index in [9.17, 15) is 0 Å². The Morgan fingerprint density at radius 1 is 1.50 bits per heavy atom. The Hall–Kier alpha value is -1.62. The van der Waals surface area contributed by atoms with Gasteiger partial charge >= 0.3 is 0 Å². The number of anilines is 1. The molecule has 5 heteroatoms. The summed E-state index contributed by atoms with van der Waals surface area (Å²) in [6.07, 6.45) is 6.19. The number of methoxy groups -OCH3 is 1. The molecule has 1 aliphatic carbocycles. The Bertz CT molecular complexity index is 438. The van der Waals surface area contributed by atoms with Crippen LogP contribution in [0, 0.1) is 5.92 Å². The predicted molar refractivity (Wildman–Crippen MR) is 81.7 cm³/mol. The molecule has 1 fully saturated rings. The Balaban J connectivity index is 1.93. The van der Waals surface area contributed by atoms with Gasteiger partial charge in [0.15, 0.2) is 5.96 Å². The third-order valence-electron chi connectivity index (χ3n) is 4.08. The van der Waals surface area contributed by atoms with Crippen molar-refractivity contribution in [2.24, 2.45) is 16.6 Å². The molecule has 1 aliphatic rings. The highest BCUT2D eigenvalue weighted by atomic mass is 16.5. The zero-order valence-electron chi connectivity index (χ0n) is 12.3. The number of rotatable bonds is 4. The number of hydrogen-bond donors (Lipinski definition) is 2. The first-order valence-electron chi connectivity index (χ1n) is 7.17. The molecule has 1 saturated carbocycles. The Kier molecular flexibility index (Phi) is 4.95. The lowest BCUT2D eigenvalue weighted by Crippen LogP contribution is -2.40. The molecule has 0 bridgehead atoms. The van der Waals surface area contributed by atoms with Crippen LogP contribution in [-0.2, 0) is 4.74 Å². The lowest BCUT2D eigenvalue weighted by molar-refractivity contribution is -0.0394. The summed E-state index contributed by atoms with van der Waals surface area (Å²) in [5, 5.41) is 2.99. The fourth-order valence-corrected chi connectivity index (χ4v) is 2.55. The summed E-state index contributed by atoms with van der Waals surface area (Å²) in [6, 6.07) is 5.63. The molecule has 0 aromatic carbocycles. The van der Waals surface area contributed by atoms with E-state index in [0.717, 1.165) is 18.8 Å². The zero-order chi connectivity index (χ0) is 14.4. The molecule has 1 aromatic rings. The first-order chi connectivity index (χ1) is 9.63. The van der Waals surface area contributed by atoms with Crippen molar-refractivity contribution in [3.05, 3.63) is 24.4 Å². The van der Waals surface area contributed by atoms with Gasteiger partial charge in [-0.3, -0.25) is 4.99 Å². The van der Waals surface area contributed by atoms with Crippen molar-refractivity contribution in [1.29, 1.82) is 0 Å². The maximum atomic E-state index is 5.91. The minimum absolute atomic E-state index is 0.150. The van der Waals surface area contributed by atoms with Gasteiger partial charge in [-0.25, -0.2) is 4.98 Å². The van der Waals surface area contributed by atoms with Gasteiger partial charge in [0.05, 0.1) is 12.1 Å². The number of nitrogens with two attached hydrogens (primary N) is 1. The van der Waals surface area contributed by atoms with Crippen LogP contribution in [0.3, 0.4) is 0 Å². The van der Waals surface area contributed by atoms with Gasteiger partial charge in [-0.1, -0.05) is 13.0 Å². The van der Waals surface area contributed by atoms with E-state index >= 15 is 0 Å². The SMILES string of the molecule is COC1(CN=C(N)Nc2ccccn2)CCC(C)CC1. The highest BCUT2D eigenvalue weighted by molar-refractivity contribution is 5.91. The molecule has 5 nitrogen and oxygen atoms in total. The topological polar surface area (TPSA) is 72.5 Å². The van der Waals surface area contributed by atoms with Crippen molar-refractivity contribution in [3.8, 4) is 0 Å². The molecule has 20 heavy (non-hydrogen) atoms. The van der Waals surface area contributed by atoms with Crippen LogP contribution in [0.15, 0.2) is 29.4 Å². The van der Waals surface area contributed by atoms with Gasteiger partial charge in [0, 0.05) is 13.3 Å². The van der Waals surface area contributed by atoms with E-state index in [1.54, 1.807) is 13.3 Å². The average molecular weight is 276 g/mol. The molecular formula is C15H24N4O. The molecule has 2 rings (SSSR count). The highest BCUT2D eigenvalue weighted by Gasteiger charge is 2.33. The molecule has 0 amide bonds. The number of aliphatic imine (C=N–C) groups is 1. The van der Waals surface area contributed by atoms with Crippen LogP contribution in [-0.4, -0.2) is 30.2 Å². The fraction of sp³-hybridized carbons (Fsp3) is 0.600. The smallest absolute Gasteiger partial charge is 0.194 e. The standard InChI is InChI=1S/C15H24N4O/c1-12-6-8-15(20-2,9-7-12)11-18-14(16)19-13-5-3-4-10-17-13/h3-5,10,12H,6-9,11H2,1-2H3,(H3,16,17,18,19). The lowest BCUT2D eigenvalue weighted by Gasteiger charge is -2.37. The molecule has 0 atom stereocenters. The normalized spacial score (nSPS) is 27.3. The number of ether oxygens (including phenoxy) is 1. The fourth-order valence-electron chi connectivity index (χ4n) is 2.55. The number of guanidine groups is 1. The molecule has 0 spiro atoms. The second-order valence-corrected chi connectivity index (χ2v) is 5.61. The van der Waals surface area contributed by atoms with Crippen molar-refractivity contribution in [1.82, 2.24) is 4.98 Å². The summed E-state index contributed by atoms with van der Waals surface area (Å²) >= 11 is 0. The summed E-state index contributed by atoms with van der Waals surface area (Å²) in [7, 11) is 1.77. The number of pyridine rings is 1. The summed E-state index contributed by atoms with van der Waals surface area (Å²) in [5.74, 6) is 1.88. The van der Waals surface area contributed by atoms with Gasteiger partial charge in [0.2, 0.25) is 0 Å². The predicted octanol–water partition coefficient (Wildman–Crippen LogP) is 2.40.